The maximum atomic E-state index is 11.7. The first-order chi connectivity index (χ1) is 6.65. The molecule has 0 bridgehead atoms. The molecule has 0 radical (unpaired) electrons. The quantitative estimate of drug-likeness (QED) is 0.676. The zero-order valence-electron chi connectivity index (χ0n) is 8.78. The summed E-state index contributed by atoms with van der Waals surface area (Å²) in [5.41, 5.74) is 5.76. The predicted molar refractivity (Wildman–Crippen MR) is 54.7 cm³/mol. The van der Waals surface area contributed by atoms with Crippen LogP contribution in [0.15, 0.2) is 0 Å². The third-order valence-corrected chi connectivity index (χ3v) is 2.66. The molecular formula is C10H20N2O2. The lowest BCUT2D eigenvalue weighted by Crippen LogP contribution is -2.42. The number of aliphatic hydroxyl groups excluding tert-OH is 1. The second kappa shape index (κ2) is 5.32. The minimum atomic E-state index is -0.375. The van der Waals surface area contributed by atoms with Crippen molar-refractivity contribution in [1.82, 2.24) is 4.90 Å². The SMILES string of the molecule is CCCCC(N)C(=O)N1CC[C@H](O)C1. The van der Waals surface area contributed by atoms with E-state index in [-0.39, 0.29) is 18.1 Å². The number of aliphatic hydroxyl groups is 1. The standard InChI is InChI=1S/C10H20N2O2/c1-2-3-4-9(11)10(14)12-6-5-8(13)7-12/h8-9,13H,2-7,11H2,1H3/t8-,9?/m0/s1. The monoisotopic (exact) mass is 200 g/mol. The molecule has 3 N–H and O–H groups in total. The van der Waals surface area contributed by atoms with Gasteiger partial charge in [-0.3, -0.25) is 4.79 Å². The molecule has 1 amide bonds. The Morgan fingerprint density at radius 1 is 1.71 bits per heavy atom. The zero-order chi connectivity index (χ0) is 10.6. The molecule has 1 saturated heterocycles. The van der Waals surface area contributed by atoms with E-state index in [0.29, 0.717) is 19.5 Å². The highest BCUT2D eigenvalue weighted by Gasteiger charge is 2.27. The molecule has 0 aliphatic carbocycles. The summed E-state index contributed by atoms with van der Waals surface area (Å²) in [6.45, 7) is 3.19. The number of carbonyl (C=O) groups excluding carboxylic acids is 1. The molecule has 4 heteroatoms. The van der Waals surface area contributed by atoms with Gasteiger partial charge in [-0.05, 0) is 12.8 Å². The Balaban J connectivity index is 2.32. The molecule has 1 unspecified atom stereocenters. The summed E-state index contributed by atoms with van der Waals surface area (Å²) in [5, 5.41) is 9.27. The number of hydrogen-bond donors (Lipinski definition) is 2. The van der Waals surface area contributed by atoms with E-state index in [0.717, 1.165) is 19.3 Å². The number of nitrogens with two attached hydrogens (primary N) is 1. The van der Waals surface area contributed by atoms with Crippen LogP contribution in [0, 0.1) is 0 Å². The molecule has 82 valence electrons. The second-order valence-electron chi connectivity index (χ2n) is 3.98. The summed E-state index contributed by atoms with van der Waals surface area (Å²) in [6.07, 6.45) is 3.14. The summed E-state index contributed by atoms with van der Waals surface area (Å²) in [5.74, 6) is -0.00463. The van der Waals surface area contributed by atoms with E-state index in [9.17, 15) is 9.90 Å². The van der Waals surface area contributed by atoms with Crippen LogP contribution in [-0.4, -0.2) is 41.1 Å². The van der Waals surface area contributed by atoms with Crippen LogP contribution in [0.5, 0.6) is 0 Å². The fraction of sp³-hybridized carbons (Fsp3) is 0.900. The van der Waals surface area contributed by atoms with Crippen LogP contribution in [0.4, 0.5) is 0 Å². The summed E-state index contributed by atoms with van der Waals surface area (Å²) < 4.78 is 0. The molecule has 2 atom stereocenters. The van der Waals surface area contributed by atoms with Crippen LogP contribution in [0.1, 0.15) is 32.6 Å². The molecule has 1 rings (SSSR count). The Morgan fingerprint density at radius 3 is 2.93 bits per heavy atom. The van der Waals surface area contributed by atoms with Crippen molar-refractivity contribution in [1.29, 1.82) is 0 Å². The van der Waals surface area contributed by atoms with Crippen LogP contribution in [-0.2, 0) is 4.79 Å². The van der Waals surface area contributed by atoms with Crippen molar-refractivity contribution < 1.29 is 9.90 Å². The average molecular weight is 200 g/mol. The number of rotatable bonds is 4. The van der Waals surface area contributed by atoms with E-state index in [1.807, 2.05) is 0 Å². The molecule has 0 saturated carbocycles. The van der Waals surface area contributed by atoms with Crippen LogP contribution in [0.25, 0.3) is 0 Å². The molecule has 4 nitrogen and oxygen atoms in total. The van der Waals surface area contributed by atoms with Crippen molar-refractivity contribution >= 4 is 5.91 Å². The fourth-order valence-electron chi connectivity index (χ4n) is 1.72. The first-order valence-corrected chi connectivity index (χ1v) is 5.37. The Kier molecular flexibility index (Phi) is 4.35. The highest BCUT2D eigenvalue weighted by atomic mass is 16.3. The van der Waals surface area contributed by atoms with Crippen molar-refractivity contribution in [2.45, 2.75) is 44.8 Å². The minimum Gasteiger partial charge on any atom is -0.391 e. The van der Waals surface area contributed by atoms with Gasteiger partial charge in [-0.1, -0.05) is 19.8 Å². The number of amides is 1. The van der Waals surface area contributed by atoms with E-state index in [1.165, 1.54) is 0 Å². The van der Waals surface area contributed by atoms with Gasteiger partial charge < -0.3 is 15.7 Å². The predicted octanol–water partition coefficient (Wildman–Crippen LogP) is 0.0971. The van der Waals surface area contributed by atoms with Gasteiger partial charge in [0.05, 0.1) is 12.1 Å². The van der Waals surface area contributed by atoms with Gasteiger partial charge in [0.2, 0.25) is 5.91 Å². The van der Waals surface area contributed by atoms with Gasteiger partial charge in [-0.25, -0.2) is 0 Å². The fourth-order valence-corrected chi connectivity index (χ4v) is 1.72. The second-order valence-corrected chi connectivity index (χ2v) is 3.98. The third kappa shape index (κ3) is 2.96. The van der Waals surface area contributed by atoms with E-state index < -0.39 is 0 Å². The Morgan fingerprint density at radius 2 is 2.43 bits per heavy atom. The van der Waals surface area contributed by atoms with Crippen LogP contribution in [0.2, 0.25) is 0 Å². The average Bonchev–Trinajstić information content (AvgIpc) is 2.60. The lowest BCUT2D eigenvalue weighted by molar-refractivity contribution is -0.132. The van der Waals surface area contributed by atoms with Crippen LogP contribution < -0.4 is 5.73 Å². The maximum absolute atomic E-state index is 11.7. The van der Waals surface area contributed by atoms with Crippen molar-refractivity contribution in [3.05, 3.63) is 0 Å². The molecule has 14 heavy (non-hydrogen) atoms. The van der Waals surface area contributed by atoms with Gasteiger partial charge in [-0.2, -0.15) is 0 Å². The molecule has 0 aromatic rings. The van der Waals surface area contributed by atoms with Gasteiger partial charge in [-0.15, -0.1) is 0 Å². The van der Waals surface area contributed by atoms with E-state index in [4.69, 9.17) is 5.73 Å². The van der Waals surface area contributed by atoms with Crippen LogP contribution >= 0.6 is 0 Å². The molecule has 0 aromatic carbocycles. The molecule has 0 aromatic heterocycles. The maximum Gasteiger partial charge on any atom is 0.239 e. The number of carbonyl (C=O) groups is 1. The Labute approximate surface area is 85.1 Å². The van der Waals surface area contributed by atoms with Crippen molar-refractivity contribution in [3.8, 4) is 0 Å². The molecule has 1 heterocycles. The molecule has 1 aliphatic rings. The van der Waals surface area contributed by atoms with Gasteiger partial charge in [0, 0.05) is 13.1 Å². The third-order valence-electron chi connectivity index (χ3n) is 2.66. The largest absolute Gasteiger partial charge is 0.391 e. The summed E-state index contributed by atoms with van der Waals surface area (Å²) >= 11 is 0. The molecule has 1 fully saturated rings. The highest BCUT2D eigenvalue weighted by molar-refractivity contribution is 5.81. The normalized spacial score (nSPS) is 23.9. The Bertz CT molecular complexity index is 197. The van der Waals surface area contributed by atoms with Gasteiger partial charge in [0.1, 0.15) is 0 Å². The van der Waals surface area contributed by atoms with E-state index >= 15 is 0 Å². The number of nitrogens with zero attached hydrogens (tertiary/aromatic N) is 1. The smallest absolute Gasteiger partial charge is 0.239 e. The summed E-state index contributed by atoms with van der Waals surface area (Å²) in [6, 6.07) is -0.375. The minimum absolute atomic E-state index is 0.00463. The number of β-amino-alcohol motifs (C(OH)–C–C–N with tert-alkyl or cyclic N) is 1. The van der Waals surface area contributed by atoms with Crippen LogP contribution in [0.3, 0.4) is 0 Å². The van der Waals surface area contributed by atoms with Crippen molar-refractivity contribution in [2.24, 2.45) is 5.73 Å². The van der Waals surface area contributed by atoms with E-state index in [2.05, 4.69) is 6.92 Å². The van der Waals surface area contributed by atoms with Gasteiger partial charge in [0.25, 0.3) is 0 Å². The lowest BCUT2D eigenvalue weighted by Gasteiger charge is -2.20. The topological polar surface area (TPSA) is 66.6 Å². The molecule has 0 spiro atoms. The number of unbranched alkanes of at least 4 members (excludes halogenated alkanes) is 1. The van der Waals surface area contributed by atoms with Crippen molar-refractivity contribution in [3.63, 3.8) is 0 Å². The zero-order valence-corrected chi connectivity index (χ0v) is 8.78. The number of hydrogen-bond acceptors (Lipinski definition) is 3. The summed E-state index contributed by atoms with van der Waals surface area (Å²) in [7, 11) is 0. The number of likely N-dealkylation sites (tertiary alicyclic amines) is 1. The Hall–Kier alpha value is -0.610. The van der Waals surface area contributed by atoms with Crippen molar-refractivity contribution in [2.75, 3.05) is 13.1 Å². The first kappa shape index (κ1) is 11.5. The highest BCUT2D eigenvalue weighted by Crippen LogP contribution is 2.11. The molecular weight excluding hydrogens is 180 g/mol. The summed E-state index contributed by atoms with van der Waals surface area (Å²) in [4.78, 5) is 13.4. The first-order valence-electron chi connectivity index (χ1n) is 5.37. The lowest BCUT2D eigenvalue weighted by atomic mass is 10.1. The van der Waals surface area contributed by atoms with E-state index in [1.54, 1.807) is 4.90 Å². The van der Waals surface area contributed by atoms with Gasteiger partial charge in [0.15, 0.2) is 0 Å². The van der Waals surface area contributed by atoms with Gasteiger partial charge >= 0.3 is 0 Å². The molecule has 1 aliphatic heterocycles.